The SMILES string of the molecule is CC[Si](C)(Cl)c1ccccc1. The molecule has 0 bridgehead atoms. The van der Waals surface area contributed by atoms with Crippen molar-refractivity contribution in [1.82, 2.24) is 0 Å². The lowest BCUT2D eigenvalue weighted by Crippen LogP contribution is -2.37. The molecule has 1 rings (SSSR count). The molecule has 11 heavy (non-hydrogen) atoms. The highest BCUT2D eigenvalue weighted by atomic mass is 35.6. The Morgan fingerprint density at radius 3 is 2.27 bits per heavy atom. The zero-order chi connectivity index (χ0) is 8.32. The van der Waals surface area contributed by atoms with Gasteiger partial charge in [-0.1, -0.05) is 43.8 Å². The maximum absolute atomic E-state index is 6.38. The Kier molecular flexibility index (Phi) is 2.74. The van der Waals surface area contributed by atoms with Gasteiger partial charge in [0.1, 0.15) is 0 Å². The summed E-state index contributed by atoms with van der Waals surface area (Å²) in [6.45, 7) is 4.34. The Bertz CT molecular complexity index is 218. The van der Waals surface area contributed by atoms with E-state index < -0.39 is 7.38 Å². The Morgan fingerprint density at radius 1 is 1.27 bits per heavy atom. The maximum Gasteiger partial charge on any atom is 0.183 e. The van der Waals surface area contributed by atoms with E-state index in [1.54, 1.807) is 0 Å². The zero-order valence-electron chi connectivity index (χ0n) is 6.97. The smallest absolute Gasteiger partial charge is 0.161 e. The fourth-order valence-electron chi connectivity index (χ4n) is 0.990. The van der Waals surface area contributed by atoms with Crippen molar-refractivity contribution in [2.45, 2.75) is 19.5 Å². The Labute approximate surface area is 73.9 Å². The van der Waals surface area contributed by atoms with Crippen molar-refractivity contribution in [2.75, 3.05) is 0 Å². The maximum atomic E-state index is 6.38. The third-order valence-corrected chi connectivity index (χ3v) is 6.36. The molecule has 0 amide bonds. The minimum atomic E-state index is -1.58. The summed E-state index contributed by atoms with van der Waals surface area (Å²) in [5.41, 5.74) is 0. The second kappa shape index (κ2) is 3.42. The first-order valence-electron chi connectivity index (χ1n) is 3.91. The van der Waals surface area contributed by atoms with E-state index >= 15 is 0 Å². The van der Waals surface area contributed by atoms with E-state index in [1.807, 2.05) is 6.07 Å². The Hall–Kier alpha value is -0.273. The summed E-state index contributed by atoms with van der Waals surface area (Å²) in [4.78, 5) is 0. The topological polar surface area (TPSA) is 0 Å². The molecule has 0 radical (unpaired) electrons. The summed E-state index contributed by atoms with van der Waals surface area (Å²) in [7, 11) is -1.58. The lowest BCUT2D eigenvalue weighted by atomic mass is 10.4. The van der Waals surface area contributed by atoms with E-state index in [1.165, 1.54) is 5.19 Å². The highest BCUT2D eigenvalue weighted by molar-refractivity contribution is 7.26. The summed E-state index contributed by atoms with van der Waals surface area (Å²) in [6.07, 6.45) is 0. The van der Waals surface area contributed by atoms with Crippen molar-refractivity contribution in [3.05, 3.63) is 30.3 Å². The largest absolute Gasteiger partial charge is 0.183 e. The summed E-state index contributed by atoms with van der Waals surface area (Å²) in [5.74, 6) is 0. The average Bonchev–Trinajstić information content (AvgIpc) is 2.06. The molecule has 1 aromatic carbocycles. The zero-order valence-corrected chi connectivity index (χ0v) is 8.73. The predicted octanol–water partition coefficient (Wildman–Crippen LogP) is 2.73. The molecule has 2 heteroatoms. The normalized spacial score (nSPS) is 15.9. The van der Waals surface area contributed by atoms with Crippen LogP contribution in [0.25, 0.3) is 0 Å². The summed E-state index contributed by atoms with van der Waals surface area (Å²) in [6, 6.07) is 11.5. The molecule has 0 aliphatic heterocycles. The van der Waals surface area contributed by atoms with Crippen molar-refractivity contribution in [2.24, 2.45) is 0 Å². The van der Waals surface area contributed by atoms with Crippen LogP contribution in [0.15, 0.2) is 30.3 Å². The number of rotatable bonds is 2. The molecule has 0 aromatic heterocycles. The molecule has 0 N–H and O–H groups in total. The first-order valence-corrected chi connectivity index (χ1v) is 7.63. The molecule has 1 unspecified atom stereocenters. The summed E-state index contributed by atoms with van der Waals surface area (Å²) < 4.78 is 0. The molecule has 0 fully saturated rings. The van der Waals surface area contributed by atoms with E-state index in [2.05, 4.69) is 37.7 Å². The van der Waals surface area contributed by atoms with E-state index in [0.717, 1.165) is 6.04 Å². The molecule has 0 aliphatic carbocycles. The molecule has 1 aromatic rings. The first kappa shape index (κ1) is 8.82. The van der Waals surface area contributed by atoms with Gasteiger partial charge in [-0.05, 0) is 11.2 Å². The quantitative estimate of drug-likeness (QED) is 0.490. The second-order valence-corrected chi connectivity index (χ2v) is 9.10. The van der Waals surface area contributed by atoms with Crippen LogP contribution in [0.1, 0.15) is 6.92 Å². The first-order chi connectivity index (χ1) is 5.17. The minimum Gasteiger partial charge on any atom is -0.161 e. The van der Waals surface area contributed by atoms with Crippen LogP contribution in [-0.4, -0.2) is 7.38 Å². The van der Waals surface area contributed by atoms with Gasteiger partial charge in [0.2, 0.25) is 0 Å². The Balaban J connectivity index is 2.93. The number of hydrogen-bond donors (Lipinski definition) is 0. The van der Waals surface area contributed by atoms with Crippen LogP contribution < -0.4 is 5.19 Å². The van der Waals surface area contributed by atoms with Gasteiger partial charge in [-0.2, -0.15) is 11.1 Å². The molecule has 1 atom stereocenters. The van der Waals surface area contributed by atoms with Crippen LogP contribution in [0.4, 0.5) is 0 Å². The fourth-order valence-corrected chi connectivity index (χ4v) is 2.66. The van der Waals surface area contributed by atoms with Crippen LogP contribution in [0.5, 0.6) is 0 Å². The number of benzene rings is 1. The molecule has 0 nitrogen and oxygen atoms in total. The molecule has 0 aliphatic rings. The van der Waals surface area contributed by atoms with E-state index in [4.69, 9.17) is 11.1 Å². The van der Waals surface area contributed by atoms with Gasteiger partial charge in [0, 0.05) is 0 Å². The summed E-state index contributed by atoms with van der Waals surface area (Å²) >= 11 is 6.38. The highest BCUT2D eigenvalue weighted by Crippen LogP contribution is 2.13. The van der Waals surface area contributed by atoms with Gasteiger partial charge in [-0.3, -0.25) is 0 Å². The van der Waals surface area contributed by atoms with Crippen molar-refractivity contribution in [3.63, 3.8) is 0 Å². The van der Waals surface area contributed by atoms with Gasteiger partial charge in [-0.25, -0.2) is 0 Å². The molecule has 0 spiro atoms. The number of halogens is 1. The predicted molar refractivity (Wildman–Crippen MR) is 54.0 cm³/mol. The van der Waals surface area contributed by atoms with Crippen molar-refractivity contribution in [3.8, 4) is 0 Å². The molecule has 0 saturated heterocycles. The van der Waals surface area contributed by atoms with Crippen molar-refractivity contribution >= 4 is 23.6 Å². The minimum absolute atomic E-state index is 1.10. The van der Waals surface area contributed by atoms with Gasteiger partial charge >= 0.3 is 0 Å². The average molecular weight is 185 g/mol. The van der Waals surface area contributed by atoms with Crippen molar-refractivity contribution in [1.29, 1.82) is 0 Å². The van der Waals surface area contributed by atoms with Gasteiger partial charge in [0.15, 0.2) is 7.38 Å². The van der Waals surface area contributed by atoms with Crippen LogP contribution >= 0.6 is 11.1 Å². The molecule has 60 valence electrons. The third kappa shape index (κ3) is 2.08. The van der Waals surface area contributed by atoms with Crippen LogP contribution in [0, 0.1) is 0 Å². The Morgan fingerprint density at radius 2 is 1.82 bits per heavy atom. The molecular weight excluding hydrogens is 172 g/mol. The monoisotopic (exact) mass is 184 g/mol. The standard InChI is InChI=1S/C9H13ClSi/c1-3-11(2,10)9-7-5-4-6-8-9/h4-8H,3H2,1-2H3. The van der Waals surface area contributed by atoms with E-state index in [-0.39, 0.29) is 0 Å². The number of hydrogen-bond acceptors (Lipinski definition) is 0. The molecular formula is C9H13ClSi. The van der Waals surface area contributed by atoms with Gasteiger partial charge in [-0.15, -0.1) is 0 Å². The lowest BCUT2D eigenvalue weighted by Gasteiger charge is -2.16. The fraction of sp³-hybridized carbons (Fsp3) is 0.333. The van der Waals surface area contributed by atoms with Crippen molar-refractivity contribution < 1.29 is 0 Å². The molecule has 0 saturated carbocycles. The third-order valence-electron chi connectivity index (χ3n) is 2.04. The second-order valence-electron chi connectivity index (χ2n) is 2.92. The highest BCUT2D eigenvalue weighted by Gasteiger charge is 2.23. The van der Waals surface area contributed by atoms with Gasteiger partial charge in [0.05, 0.1) is 0 Å². The van der Waals surface area contributed by atoms with Crippen LogP contribution in [0.3, 0.4) is 0 Å². The molecule has 0 heterocycles. The van der Waals surface area contributed by atoms with Gasteiger partial charge < -0.3 is 0 Å². The van der Waals surface area contributed by atoms with Crippen LogP contribution in [0.2, 0.25) is 12.6 Å². The lowest BCUT2D eigenvalue weighted by molar-refractivity contribution is 1.41. The van der Waals surface area contributed by atoms with Gasteiger partial charge in [0.25, 0.3) is 0 Å². The van der Waals surface area contributed by atoms with Crippen LogP contribution in [-0.2, 0) is 0 Å². The van der Waals surface area contributed by atoms with E-state index in [9.17, 15) is 0 Å². The van der Waals surface area contributed by atoms with E-state index in [0.29, 0.717) is 0 Å². The summed E-state index contributed by atoms with van der Waals surface area (Å²) in [5, 5.41) is 1.34.